The molecule has 4 rings (SSSR count). The fraction of sp³-hybridized carbons (Fsp3) is 0.263. The van der Waals surface area contributed by atoms with Crippen molar-refractivity contribution >= 4 is 28.0 Å². The molecule has 0 atom stereocenters. The van der Waals surface area contributed by atoms with Crippen LogP contribution < -0.4 is 5.32 Å². The van der Waals surface area contributed by atoms with E-state index in [1.54, 1.807) is 37.8 Å². The van der Waals surface area contributed by atoms with Crippen LogP contribution in [0.3, 0.4) is 0 Å². The maximum atomic E-state index is 13.6. The average molecular weight is 382 g/mol. The molecule has 9 heteroatoms. The Morgan fingerprint density at radius 2 is 2.18 bits per heavy atom. The number of carbonyl (C=O) groups excluding carboxylic acids is 1. The van der Waals surface area contributed by atoms with Crippen molar-refractivity contribution in [3.8, 4) is 11.4 Å². The number of aromatic amines is 1. The monoisotopic (exact) mass is 382 g/mol. The summed E-state index contributed by atoms with van der Waals surface area (Å²) in [6, 6.07) is 4.42. The summed E-state index contributed by atoms with van der Waals surface area (Å²) in [7, 11) is 1.73. The Balaban J connectivity index is 1.82. The Labute approximate surface area is 159 Å². The summed E-state index contributed by atoms with van der Waals surface area (Å²) < 4.78 is 15.1. The molecule has 0 radical (unpaired) electrons. The molecule has 0 aliphatic carbocycles. The molecule has 1 aromatic carbocycles. The molecule has 0 unspecified atom stereocenters. The molecule has 3 aromatic heterocycles. The third kappa shape index (κ3) is 2.99. The summed E-state index contributed by atoms with van der Waals surface area (Å²) in [4.78, 5) is 24.5. The van der Waals surface area contributed by atoms with Crippen LogP contribution in [0.2, 0.25) is 0 Å². The van der Waals surface area contributed by atoms with Gasteiger partial charge in [0.2, 0.25) is 0 Å². The number of hydrogen-bond donors (Lipinski definition) is 3. The molecule has 8 nitrogen and oxygen atoms in total. The van der Waals surface area contributed by atoms with E-state index in [-0.39, 0.29) is 18.3 Å². The number of fused-ring (bicyclic) bond motifs is 2. The number of rotatable bonds is 4. The van der Waals surface area contributed by atoms with E-state index in [0.29, 0.717) is 33.6 Å². The predicted octanol–water partition coefficient (Wildman–Crippen LogP) is 2.15. The van der Waals surface area contributed by atoms with Crippen LogP contribution in [-0.4, -0.2) is 47.9 Å². The fourth-order valence-corrected chi connectivity index (χ4v) is 3.01. The minimum Gasteiger partial charge on any atom is -0.394 e. The molecular formula is C19H19FN6O2. The number of amides is 1. The highest BCUT2D eigenvalue weighted by Crippen LogP contribution is 2.28. The van der Waals surface area contributed by atoms with Gasteiger partial charge in [0.25, 0.3) is 5.91 Å². The number of hydrogen-bond acceptors (Lipinski definition) is 5. The number of aryl methyl sites for hydroxylation is 1. The standard InChI is InChI=1S/C19H19FN6O2/c1-19(2,9-27)24-18(28)12-7-21-17-16(12)23-13(8-22-17)15-11-5-4-10(20)6-14(11)26(3)25-15/h4-8,27H,9H2,1-3H3,(H,21,22)(H,24,28). The van der Waals surface area contributed by atoms with E-state index < -0.39 is 5.54 Å². The minimum absolute atomic E-state index is 0.200. The highest BCUT2D eigenvalue weighted by molar-refractivity contribution is 6.05. The Hall–Kier alpha value is -3.33. The van der Waals surface area contributed by atoms with Crippen molar-refractivity contribution in [3.05, 3.63) is 42.0 Å². The maximum absolute atomic E-state index is 13.6. The van der Waals surface area contributed by atoms with Gasteiger partial charge in [-0.25, -0.2) is 14.4 Å². The van der Waals surface area contributed by atoms with E-state index in [2.05, 4.69) is 25.4 Å². The van der Waals surface area contributed by atoms with Crippen LogP contribution in [0.1, 0.15) is 24.2 Å². The van der Waals surface area contributed by atoms with Crippen molar-refractivity contribution in [2.24, 2.45) is 7.05 Å². The molecule has 0 aliphatic rings. The Morgan fingerprint density at radius 3 is 2.93 bits per heavy atom. The van der Waals surface area contributed by atoms with Gasteiger partial charge < -0.3 is 15.4 Å². The van der Waals surface area contributed by atoms with Crippen LogP contribution in [0.25, 0.3) is 33.5 Å². The van der Waals surface area contributed by atoms with Crippen molar-refractivity contribution in [1.82, 2.24) is 30.0 Å². The number of carbonyl (C=O) groups is 1. The van der Waals surface area contributed by atoms with Crippen LogP contribution in [0.15, 0.2) is 30.6 Å². The Kier molecular flexibility index (Phi) is 4.11. The number of nitrogens with one attached hydrogen (secondary N) is 2. The Morgan fingerprint density at radius 1 is 1.39 bits per heavy atom. The highest BCUT2D eigenvalue weighted by atomic mass is 19.1. The summed E-state index contributed by atoms with van der Waals surface area (Å²) in [6.45, 7) is 3.24. The first kappa shape index (κ1) is 18.1. The molecule has 0 saturated heterocycles. The van der Waals surface area contributed by atoms with Crippen LogP contribution >= 0.6 is 0 Å². The number of aromatic nitrogens is 5. The van der Waals surface area contributed by atoms with Crippen LogP contribution in [0.5, 0.6) is 0 Å². The zero-order chi connectivity index (χ0) is 20.1. The molecule has 28 heavy (non-hydrogen) atoms. The lowest BCUT2D eigenvalue weighted by molar-refractivity contribution is 0.0871. The zero-order valence-corrected chi connectivity index (χ0v) is 15.6. The highest BCUT2D eigenvalue weighted by Gasteiger charge is 2.23. The summed E-state index contributed by atoms with van der Waals surface area (Å²) >= 11 is 0. The van der Waals surface area contributed by atoms with Gasteiger partial charge in [-0.15, -0.1) is 0 Å². The zero-order valence-electron chi connectivity index (χ0n) is 15.6. The van der Waals surface area contributed by atoms with Gasteiger partial charge in [0.15, 0.2) is 5.65 Å². The van der Waals surface area contributed by atoms with Gasteiger partial charge in [-0.1, -0.05) is 0 Å². The first-order valence-electron chi connectivity index (χ1n) is 8.69. The molecule has 0 fully saturated rings. The van der Waals surface area contributed by atoms with Crippen molar-refractivity contribution < 1.29 is 14.3 Å². The van der Waals surface area contributed by atoms with Gasteiger partial charge in [-0.2, -0.15) is 5.10 Å². The SMILES string of the molecule is Cn1nc(-c2cnc3[nH]cc(C(=O)NC(C)(C)CO)c3n2)c2ccc(F)cc21. The van der Waals surface area contributed by atoms with Crippen molar-refractivity contribution in [2.75, 3.05) is 6.61 Å². The number of H-pyrrole nitrogens is 1. The molecule has 0 saturated carbocycles. The lowest BCUT2D eigenvalue weighted by Crippen LogP contribution is -2.46. The number of benzene rings is 1. The lowest BCUT2D eigenvalue weighted by atomic mass is 10.1. The Bertz CT molecular complexity index is 1210. The second-order valence-electron chi connectivity index (χ2n) is 7.28. The average Bonchev–Trinajstić information content (AvgIpc) is 3.22. The third-order valence-electron chi connectivity index (χ3n) is 4.53. The molecule has 3 heterocycles. The van der Waals surface area contributed by atoms with Crippen LogP contribution in [-0.2, 0) is 7.05 Å². The summed E-state index contributed by atoms with van der Waals surface area (Å²) in [5.41, 5.74) is 2.06. The van der Waals surface area contributed by atoms with Crippen molar-refractivity contribution in [2.45, 2.75) is 19.4 Å². The van der Waals surface area contributed by atoms with Crippen LogP contribution in [0, 0.1) is 5.82 Å². The summed E-state index contributed by atoms with van der Waals surface area (Å²) in [6.07, 6.45) is 3.09. The number of halogens is 1. The minimum atomic E-state index is -0.771. The van der Waals surface area contributed by atoms with Crippen LogP contribution in [0.4, 0.5) is 4.39 Å². The summed E-state index contributed by atoms with van der Waals surface area (Å²) in [5, 5.41) is 17.3. The first-order chi connectivity index (χ1) is 13.3. The van der Waals surface area contributed by atoms with Gasteiger partial charge in [-0.3, -0.25) is 9.48 Å². The first-order valence-corrected chi connectivity index (χ1v) is 8.69. The maximum Gasteiger partial charge on any atom is 0.255 e. The van der Waals surface area contributed by atoms with Gasteiger partial charge >= 0.3 is 0 Å². The molecule has 144 valence electrons. The van der Waals surface area contributed by atoms with E-state index in [9.17, 15) is 14.3 Å². The largest absolute Gasteiger partial charge is 0.394 e. The topological polar surface area (TPSA) is 109 Å². The quantitative estimate of drug-likeness (QED) is 0.501. The smallest absolute Gasteiger partial charge is 0.255 e. The fourth-order valence-electron chi connectivity index (χ4n) is 3.01. The molecule has 3 N–H and O–H groups in total. The molecule has 1 amide bonds. The summed E-state index contributed by atoms with van der Waals surface area (Å²) in [5.74, 6) is -0.718. The van der Waals surface area contributed by atoms with E-state index >= 15 is 0 Å². The number of aliphatic hydroxyl groups is 1. The van der Waals surface area contributed by atoms with Crippen molar-refractivity contribution in [3.63, 3.8) is 0 Å². The van der Waals surface area contributed by atoms with Gasteiger partial charge in [0, 0.05) is 18.6 Å². The van der Waals surface area contributed by atoms with E-state index in [1.807, 2.05) is 0 Å². The molecule has 0 aliphatic heterocycles. The number of aliphatic hydroxyl groups excluding tert-OH is 1. The predicted molar refractivity (Wildman–Crippen MR) is 102 cm³/mol. The van der Waals surface area contributed by atoms with E-state index in [0.717, 1.165) is 5.39 Å². The number of nitrogens with zero attached hydrogens (tertiary/aromatic N) is 4. The normalized spacial score (nSPS) is 12.0. The molecular weight excluding hydrogens is 363 g/mol. The second-order valence-corrected chi connectivity index (χ2v) is 7.28. The van der Waals surface area contributed by atoms with E-state index in [1.165, 1.54) is 18.3 Å². The third-order valence-corrected chi connectivity index (χ3v) is 4.53. The molecule has 4 aromatic rings. The second kappa shape index (κ2) is 6.38. The van der Waals surface area contributed by atoms with Gasteiger partial charge in [-0.05, 0) is 32.0 Å². The van der Waals surface area contributed by atoms with Gasteiger partial charge in [0.1, 0.15) is 22.7 Å². The molecule has 0 bridgehead atoms. The lowest BCUT2D eigenvalue weighted by Gasteiger charge is -2.23. The van der Waals surface area contributed by atoms with E-state index in [4.69, 9.17) is 0 Å². The molecule has 0 spiro atoms. The van der Waals surface area contributed by atoms with Gasteiger partial charge in [0.05, 0.1) is 29.4 Å². The van der Waals surface area contributed by atoms with Crippen molar-refractivity contribution in [1.29, 1.82) is 0 Å².